The predicted octanol–water partition coefficient (Wildman–Crippen LogP) is 2.98. The third-order valence-corrected chi connectivity index (χ3v) is 4.20. The smallest absolute Gasteiger partial charge is 0.340 e. The molecule has 0 spiro atoms. The third-order valence-electron chi connectivity index (χ3n) is 3.50. The highest BCUT2D eigenvalue weighted by molar-refractivity contribution is 9.10. The first-order valence-electron chi connectivity index (χ1n) is 7.07. The third kappa shape index (κ3) is 3.79. The summed E-state index contributed by atoms with van der Waals surface area (Å²) in [5.74, 6) is -0.954. The summed E-state index contributed by atoms with van der Waals surface area (Å²) in [4.78, 5) is 24.4. The van der Waals surface area contributed by atoms with E-state index < -0.39 is 18.0 Å². The van der Waals surface area contributed by atoms with Gasteiger partial charge in [0.1, 0.15) is 0 Å². The van der Waals surface area contributed by atoms with E-state index in [4.69, 9.17) is 4.74 Å². The first-order valence-corrected chi connectivity index (χ1v) is 7.87. The number of nitrogens with zero attached hydrogens (tertiary/aromatic N) is 2. The topological polar surface area (TPSA) is 73.2 Å². The highest BCUT2D eigenvalue weighted by atomic mass is 79.9. The number of carbonyl (C=O) groups is 2. The van der Waals surface area contributed by atoms with Gasteiger partial charge in [0.2, 0.25) is 0 Å². The van der Waals surface area contributed by atoms with Crippen LogP contribution in [0.5, 0.6) is 0 Å². The van der Waals surface area contributed by atoms with Crippen LogP contribution in [0.15, 0.2) is 28.7 Å². The Morgan fingerprint density at radius 3 is 2.52 bits per heavy atom. The molecular formula is C16H18BrN3O3. The number of benzene rings is 1. The van der Waals surface area contributed by atoms with Crippen molar-refractivity contribution in [2.75, 3.05) is 5.32 Å². The number of anilines is 1. The predicted molar refractivity (Wildman–Crippen MR) is 90.3 cm³/mol. The Morgan fingerprint density at radius 2 is 1.96 bits per heavy atom. The normalized spacial score (nSPS) is 11.9. The van der Waals surface area contributed by atoms with Crippen molar-refractivity contribution in [3.8, 4) is 0 Å². The molecule has 0 fully saturated rings. The number of aromatic nitrogens is 2. The van der Waals surface area contributed by atoms with Gasteiger partial charge >= 0.3 is 5.97 Å². The van der Waals surface area contributed by atoms with E-state index >= 15 is 0 Å². The zero-order chi connectivity index (χ0) is 17.1. The first-order chi connectivity index (χ1) is 10.8. The summed E-state index contributed by atoms with van der Waals surface area (Å²) < 4.78 is 7.53. The molecule has 0 bridgehead atoms. The molecule has 2 aromatic rings. The summed E-state index contributed by atoms with van der Waals surface area (Å²) in [6.45, 7) is 5.19. The molecule has 122 valence electrons. The molecule has 1 aromatic heterocycles. The van der Waals surface area contributed by atoms with E-state index in [1.807, 2.05) is 6.92 Å². The number of amides is 1. The molecule has 23 heavy (non-hydrogen) atoms. The van der Waals surface area contributed by atoms with Gasteiger partial charge in [0.05, 0.1) is 22.6 Å². The van der Waals surface area contributed by atoms with Crippen molar-refractivity contribution < 1.29 is 14.3 Å². The van der Waals surface area contributed by atoms with Gasteiger partial charge in [-0.25, -0.2) is 4.79 Å². The van der Waals surface area contributed by atoms with Crippen LogP contribution in [-0.4, -0.2) is 27.8 Å². The molecule has 0 aliphatic carbocycles. The molecule has 1 amide bonds. The molecular weight excluding hydrogens is 362 g/mol. The Kier molecular flexibility index (Phi) is 5.20. The van der Waals surface area contributed by atoms with E-state index in [9.17, 15) is 9.59 Å². The Bertz CT molecular complexity index is 755. The lowest BCUT2D eigenvalue weighted by Crippen LogP contribution is -2.30. The molecule has 7 heteroatoms. The second-order valence-corrected chi connectivity index (χ2v) is 6.04. The number of aryl methyl sites for hydroxylation is 2. The fourth-order valence-corrected chi connectivity index (χ4v) is 2.53. The summed E-state index contributed by atoms with van der Waals surface area (Å²) >= 11 is 3.29. The Balaban J connectivity index is 2.06. The zero-order valence-corrected chi connectivity index (χ0v) is 15.0. The average molecular weight is 380 g/mol. The van der Waals surface area contributed by atoms with E-state index in [1.165, 1.54) is 6.92 Å². The standard InChI is InChI=1S/C16H18BrN3O3/c1-9-14(10(2)20(4)19-9)18-15(21)11(3)23-16(22)12-7-5-6-8-13(12)17/h5-8,11H,1-4H3,(H,18,21)/t11-/m1/s1. The zero-order valence-electron chi connectivity index (χ0n) is 13.4. The molecule has 1 atom stereocenters. The number of esters is 1. The quantitative estimate of drug-likeness (QED) is 0.828. The molecule has 1 aromatic carbocycles. The Labute approximate surface area is 143 Å². The highest BCUT2D eigenvalue weighted by Gasteiger charge is 2.22. The van der Waals surface area contributed by atoms with Gasteiger partial charge in [-0.1, -0.05) is 12.1 Å². The van der Waals surface area contributed by atoms with Crippen LogP contribution < -0.4 is 5.32 Å². The van der Waals surface area contributed by atoms with Gasteiger partial charge in [-0.15, -0.1) is 0 Å². The number of halogens is 1. The van der Waals surface area contributed by atoms with E-state index in [0.29, 0.717) is 21.4 Å². The second kappa shape index (κ2) is 6.95. The summed E-state index contributed by atoms with van der Waals surface area (Å²) in [5.41, 5.74) is 2.56. The minimum atomic E-state index is -0.923. The molecule has 1 heterocycles. The number of nitrogens with one attached hydrogen (secondary N) is 1. The van der Waals surface area contributed by atoms with Crippen molar-refractivity contribution in [2.45, 2.75) is 26.9 Å². The molecule has 1 N–H and O–H groups in total. The molecule has 0 unspecified atom stereocenters. The van der Waals surface area contributed by atoms with Gasteiger partial charge in [0, 0.05) is 11.5 Å². The van der Waals surface area contributed by atoms with Crippen LogP contribution in [0.1, 0.15) is 28.7 Å². The second-order valence-electron chi connectivity index (χ2n) is 5.19. The van der Waals surface area contributed by atoms with Crippen LogP contribution in [-0.2, 0) is 16.6 Å². The number of ether oxygens (including phenoxy) is 1. The molecule has 0 saturated carbocycles. The summed E-state index contributed by atoms with van der Waals surface area (Å²) in [6, 6.07) is 6.90. The van der Waals surface area contributed by atoms with Crippen LogP contribution >= 0.6 is 15.9 Å². The summed E-state index contributed by atoms with van der Waals surface area (Å²) in [5, 5.41) is 6.99. The first kappa shape index (κ1) is 17.2. The van der Waals surface area contributed by atoms with Crippen LogP contribution in [0.2, 0.25) is 0 Å². The van der Waals surface area contributed by atoms with E-state index in [0.717, 1.165) is 5.69 Å². The minimum absolute atomic E-state index is 0.376. The van der Waals surface area contributed by atoms with Crippen LogP contribution in [0.25, 0.3) is 0 Å². The number of hydrogen-bond acceptors (Lipinski definition) is 4. The Hall–Kier alpha value is -2.15. The van der Waals surface area contributed by atoms with Crippen LogP contribution in [0, 0.1) is 13.8 Å². The van der Waals surface area contributed by atoms with Crippen molar-refractivity contribution in [2.24, 2.45) is 7.05 Å². The molecule has 0 aliphatic rings. The van der Waals surface area contributed by atoms with E-state index in [1.54, 1.807) is 42.9 Å². The number of rotatable bonds is 4. The van der Waals surface area contributed by atoms with Gasteiger partial charge in [0.25, 0.3) is 5.91 Å². The van der Waals surface area contributed by atoms with E-state index in [-0.39, 0.29) is 0 Å². The summed E-state index contributed by atoms with van der Waals surface area (Å²) in [6.07, 6.45) is -0.923. The van der Waals surface area contributed by atoms with Gasteiger partial charge < -0.3 is 10.1 Å². The summed E-state index contributed by atoms with van der Waals surface area (Å²) in [7, 11) is 1.80. The maximum Gasteiger partial charge on any atom is 0.340 e. The molecule has 2 rings (SSSR count). The average Bonchev–Trinajstić information content (AvgIpc) is 2.73. The van der Waals surface area contributed by atoms with Gasteiger partial charge in [-0.3, -0.25) is 9.48 Å². The van der Waals surface area contributed by atoms with Gasteiger partial charge in [-0.2, -0.15) is 5.10 Å². The van der Waals surface area contributed by atoms with Crippen molar-refractivity contribution in [3.63, 3.8) is 0 Å². The SMILES string of the molecule is Cc1nn(C)c(C)c1NC(=O)[C@@H](C)OC(=O)c1ccccc1Br. The van der Waals surface area contributed by atoms with Crippen molar-refractivity contribution >= 4 is 33.5 Å². The van der Waals surface area contributed by atoms with Crippen LogP contribution in [0.4, 0.5) is 5.69 Å². The van der Waals surface area contributed by atoms with Crippen molar-refractivity contribution in [3.05, 3.63) is 45.7 Å². The lowest BCUT2D eigenvalue weighted by Gasteiger charge is -2.14. The maximum atomic E-state index is 12.2. The number of carbonyl (C=O) groups excluding carboxylic acids is 2. The minimum Gasteiger partial charge on any atom is -0.449 e. The monoisotopic (exact) mass is 379 g/mol. The van der Waals surface area contributed by atoms with Crippen molar-refractivity contribution in [1.82, 2.24) is 9.78 Å². The maximum absolute atomic E-state index is 12.2. The largest absolute Gasteiger partial charge is 0.449 e. The van der Waals surface area contributed by atoms with Gasteiger partial charge in [0.15, 0.2) is 6.10 Å². The molecule has 0 radical (unpaired) electrons. The molecule has 6 nitrogen and oxygen atoms in total. The van der Waals surface area contributed by atoms with Crippen LogP contribution in [0.3, 0.4) is 0 Å². The lowest BCUT2D eigenvalue weighted by molar-refractivity contribution is -0.123. The Morgan fingerprint density at radius 1 is 1.30 bits per heavy atom. The fourth-order valence-electron chi connectivity index (χ4n) is 2.08. The highest BCUT2D eigenvalue weighted by Crippen LogP contribution is 2.20. The van der Waals surface area contributed by atoms with Crippen molar-refractivity contribution in [1.29, 1.82) is 0 Å². The van der Waals surface area contributed by atoms with E-state index in [2.05, 4.69) is 26.3 Å². The number of hydrogen-bond donors (Lipinski definition) is 1. The van der Waals surface area contributed by atoms with Gasteiger partial charge in [-0.05, 0) is 48.8 Å². The molecule has 0 saturated heterocycles. The molecule has 0 aliphatic heterocycles. The lowest BCUT2D eigenvalue weighted by atomic mass is 10.2. The fraction of sp³-hybridized carbons (Fsp3) is 0.312.